The van der Waals surface area contributed by atoms with Gasteiger partial charge in [0.25, 0.3) is 5.91 Å². The molecule has 1 N–H and O–H groups in total. The number of hydrogen-bond acceptors (Lipinski definition) is 5. The molecule has 34 heavy (non-hydrogen) atoms. The summed E-state index contributed by atoms with van der Waals surface area (Å²) in [6.07, 6.45) is -0.134. The van der Waals surface area contributed by atoms with Gasteiger partial charge in [-0.15, -0.1) is 0 Å². The summed E-state index contributed by atoms with van der Waals surface area (Å²) < 4.78 is 64.8. The predicted molar refractivity (Wildman–Crippen MR) is 111 cm³/mol. The maximum absolute atomic E-state index is 13.9. The zero-order chi connectivity index (χ0) is 24.8. The lowest BCUT2D eigenvalue weighted by Crippen LogP contribution is -2.43. The molecule has 0 spiro atoms. The molecule has 0 aliphatic heterocycles. The van der Waals surface area contributed by atoms with Gasteiger partial charge < -0.3 is 14.8 Å². The lowest BCUT2D eigenvalue weighted by atomic mass is 10.0. The van der Waals surface area contributed by atoms with Crippen molar-refractivity contribution >= 4 is 17.8 Å². The molecule has 176 valence electrons. The van der Waals surface area contributed by atoms with Gasteiger partial charge in [0, 0.05) is 6.42 Å². The van der Waals surface area contributed by atoms with Crippen LogP contribution in [0.1, 0.15) is 26.3 Å². The van der Waals surface area contributed by atoms with Crippen LogP contribution in [-0.4, -0.2) is 31.0 Å². The van der Waals surface area contributed by atoms with Crippen LogP contribution in [0.4, 0.5) is 17.6 Å². The van der Waals surface area contributed by atoms with Crippen LogP contribution in [0, 0.1) is 23.3 Å². The van der Waals surface area contributed by atoms with Gasteiger partial charge in [0.05, 0.1) is 7.11 Å². The van der Waals surface area contributed by atoms with Gasteiger partial charge in [-0.1, -0.05) is 24.3 Å². The third kappa shape index (κ3) is 5.58. The van der Waals surface area contributed by atoms with Gasteiger partial charge in [-0.25, -0.2) is 27.2 Å². The molecule has 0 saturated heterocycles. The highest BCUT2D eigenvalue weighted by atomic mass is 19.1. The Morgan fingerprint density at radius 3 is 1.79 bits per heavy atom. The fourth-order valence-corrected chi connectivity index (χ4v) is 3.06. The molecule has 3 aromatic carbocycles. The van der Waals surface area contributed by atoms with Crippen LogP contribution in [-0.2, 0) is 16.0 Å². The number of rotatable bonds is 7. The molecule has 0 aliphatic rings. The lowest BCUT2D eigenvalue weighted by molar-refractivity contribution is -0.142. The summed E-state index contributed by atoms with van der Waals surface area (Å²) in [7, 11) is 1.08. The highest BCUT2D eigenvalue weighted by molar-refractivity contribution is 5.97. The first-order chi connectivity index (χ1) is 16.2. The topological polar surface area (TPSA) is 81.7 Å². The molecule has 1 atom stereocenters. The molecule has 0 heterocycles. The third-order valence-electron chi connectivity index (χ3n) is 4.72. The van der Waals surface area contributed by atoms with Crippen molar-refractivity contribution in [2.45, 2.75) is 12.5 Å². The molecule has 3 rings (SSSR count). The Balaban J connectivity index is 1.72. The molecule has 0 saturated carbocycles. The molecule has 1 amide bonds. The molecule has 0 aromatic heterocycles. The second-order valence-corrected chi connectivity index (χ2v) is 6.98. The number of hydrogen-bond donors (Lipinski definition) is 1. The van der Waals surface area contributed by atoms with Crippen molar-refractivity contribution in [1.29, 1.82) is 0 Å². The number of benzene rings is 3. The number of ether oxygens (including phenoxy) is 2. The van der Waals surface area contributed by atoms with Crippen LogP contribution in [0.5, 0.6) is 5.75 Å². The maximum Gasteiger partial charge on any atom is 0.349 e. The Labute approximate surface area is 191 Å². The van der Waals surface area contributed by atoms with Crippen LogP contribution >= 0.6 is 0 Å². The summed E-state index contributed by atoms with van der Waals surface area (Å²) in [5, 5.41) is 2.23. The van der Waals surface area contributed by atoms with Crippen molar-refractivity contribution in [3.05, 3.63) is 101 Å². The van der Waals surface area contributed by atoms with Crippen LogP contribution < -0.4 is 10.1 Å². The Morgan fingerprint density at radius 1 is 0.794 bits per heavy atom. The second-order valence-electron chi connectivity index (χ2n) is 6.98. The van der Waals surface area contributed by atoms with E-state index in [4.69, 9.17) is 4.74 Å². The number of esters is 2. The average Bonchev–Trinajstić information content (AvgIpc) is 2.79. The Morgan fingerprint density at radius 2 is 1.29 bits per heavy atom. The van der Waals surface area contributed by atoms with E-state index in [1.54, 1.807) is 0 Å². The van der Waals surface area contributed by atoms with Crippen molar-refractivity contribution in [1.82, 2.24) is 5.32 Å². The minimum Gasteiger partial charge on any atom is -0.467 e. The normalized spacial score (nSPS) is 11.4. The number of halogens is 4. The quantitative estimate of drug-likeness (QED) is 0.318. The SMILES string of the molecule is COC(=O)C(Cc1ccc(OC(=O)c2c(F)cccc2F)cc1)NC(=O)c1c(F)cccc1F. The zero-order valence-electron chi connectivity index (χ0n) is 17.6. The van der Waals surface area contributed by atoms with E-state index in [1.807, 2.05) is 0 Å². The van der Waals surface area contributed by atoms with E-state index < -0.39 is 58.3 Å². The largest absolute Gasteiger partial charge is 0.467 e. The third-order valence-corrected chi connectivity index (χ3v) is 4.72. The van der Waals surface area contributed by atoms with Gasteiger partial charge in [0.15, 0.2) is 0 Å². The summed E-state index contributed by atoms with van der Waals surface area (Å²) in [5.74, 6) is -7.65. The first-order valence-corrected chi connectivity index (χ1v) is 9.79. The van der Waals surface area contributed by atoms with Gasteiger partial charge in [-0.3, -0.25) is 4.79 Å². The first kappa shape index (κ1) is 24.4. The van der Waals surface area contributed by atoms with Crippen molar-refractivity contribution in [2.75, 3.05) is 7.11 Å². The summed E-state index contributed by atoms with van der Waals surface area (Å²) >= 11 is 0. The standard InChI is InChI=1S/C24H17F4NO5/c1-33-23(31)19(29-22(30)20-15(25)4-2-5-16(20)26)12-13-8-10-14(11-9-13)34-24(32)21-17(27)6-3-7-18(21)28/h2-11,19H,12H2,1H3,(H,29,30). The van der Waals surface area contributed by atoms with Crippen LogP contribution in [0.15, 0.2) is 60.7 Å². The van der Waals surface area contributed by atoms with Crippen LogP contribution in [0.2, 0.25) is 0 Å². The van der Waals surface area contributed by atoms with E-state index in [1.165, 1.54) is 24.3 Å². The summed E-state index contributed by atoms with van der Waals surface area (Å²) in [6, 6.07) is 9.99. The maximum atomic E-state index is 13.9. The Bertz CT molecular complexity index is 1190. The van der Waals surface area contributed by atoms with E-state index in [-0.39, 0.29) is 12.2 Å². The van der Waals surface area contributed by atoms with Gasteiger partial charge in [0.2, 0.25) is 0 Å². The van der Waals surface area contributed by atoms with Crippen molar-refractivity contribution in [3.63, 3.8) is 0 Å². The fraction of sp³-hybridized carbons (Fsp3) is 0.125. The van der Waals surface area contributed by atoms with Crippen molar-refractivity contribution < 1.29 is 41.4 Å². The summed E-state index contributed by atoms with van der Waals surface area (Å²) in [5.41, 5.74) is -1.25. The molecule has 6 nitrogen and oxygen atoms in total. The predicted octanol–water partition coefficient (Wildman–Crippen LogP) is 3.98. The number of amides is 1. The Kier molecular flexibility index (Phi) is 7.62. The fourth-order valence-electron chi connectivity index (χ4n) is 3.06. The van der Waals surface area contributed by atoms with Crippen LogP contribution in [0.3, 0.4) is 0 Å². The van der Waals surface area contributed by atoms with Gasteiger partial charge >= 0.3 is 11.9 Å². The molecule has 3 aromatic rings. The van der Waals surface area contributed by atoms with Crippen molar-refractivity contribution in [2.24, 2.45) is 0 Å². The Hall–Kier alpha value is -4.21. The molecule has 10 heteroatoms. The smallest absolute Gasteiger partial charge is 0.349 e. The van der Waals surface area contributed by atoms with E-state index in [2.05, 4.69) is 10.1 Å². The molecule has 0 fully saturated rings. The molecule has 0 radical (unpaired) electrons. The monoisotopic (exact) mass is 475 g/mol. The number of carbonyl (C=O) groups is 3. The molecule has 1 unspecified atom stereocenters. The van der Waals surface area contributed by atoms with Crippen LogP contribution in [0.25, 0.3) is 0 Å². The summed E-state index contributed by atoms with van der Waals surface area (Å²) in [6.45, 7) is 0. The zero-order valence-corrected chi connectivity index (χ0v) is 17.6. The molecular weight excluding hydrogens is 458 g/mol. The molecule has 0 bridgehead atoms. The number of carbonyl (C=O) groups excluding carboxylic acids is 3. The first-order valence-electron chi connectivity index (χ1n) is 9.79. The highest BCUT2D eigenvalue weighted by Gasteiger charge is 2.26. The van der Waals surface area contributed by atoms with Gasteiger partial charge in [-0.2, -0.15) is 0 Å². The van der Waals surface area contributed by atoms with Gasteiger partial charge in [0.1, 0.15) is 46.2 Å². The summed E-state index contributed by atoms with van der Waals surface area (Å²) in [4.78, 5) is 36.6. The van der Waals surface area contributed by atoms with E-state index >= 15 is 0 Å². The highest BCUT2D eigenvalue weighted by Crippen LogP contribution is 2.19. The second kappa shape index (κ2) is 10.6. The minimum absolute atomic E-state index is 0.0384. The van der Waals surface area contributed by atoms with E-state index in [9.17, 15) is 31.9 Å². The average molecular weight is 475 g/mol. The molecular formula is C24H17F4NO5. The lowest BCUT2D eigenvalue weighted by Gasteiger charge is -2.17. The number of methoxy groups -OCH3 is 1. The number of nitrogens with one attached hydrogen (secondary N) is 1. The van der Waals surface area contributed by atoms with Crippen molar-refractivity contribution in [3.8, 4) is 5.75 Å². The van der Waals surface area contributed by atoms with Gasteiger partial charge in [-0.05, 0) is 42.0 Å². The van der Waals surface area contributed by atoms with E-state index in [0.717, 1.165) is 43.5 Å². The minimum atomic E-state index is -1.29. The van der Waals surface area contributed by atoms with E-state index in [0.29, 0.717) is 5.56 Å². The molecule has 0 aliphatic carbocycles.